The molecule has 0 aromatic heterocycles. The number of Topliss-reactive ketones (excluding diaryl/α,β-unsaturated/α-hetero) is 1. The average Bonchev–Trinajstić information content (AvgIpc) is 2.69. The largest absolute Gasteiger partial charge is 0.300 e. The van der Waals surface area contributed by atoms with Crippen molar-refractivity contribution in [1.82, 2.24) is 9.80 Å². The highest BCUT2D eigenvalue weighted by molar-refractivity contribution is 5.96. The van der Waals surface area contributed by atoms with Crippen LogP contribution in [0.3, 0.4) is 0 Å². The number of rotatable bonds is 7. The topological polar surface area (TPSA) is 66.7 Å². The first-order valence-electron chi connectivity index (χ1n) is 8.99. The molecule has 0 radical (unpaired) electrons. The second kappa shape index (κ2) is 11.8. The van der Waals surface area contributed by atoms with Gasteiger partial charge in [0.1, 0.15) is 5.82 Å². The van der Waals surface area contributed by atoms with Gasteiger partial charge >= 0.3 is 0 Å². The molecule has 6 nitrogen and oxygen atoms in total. The van der Waals surface area contributed by atoms with Gasteiger partial charge in [-0.05, 0) is 18.2 Å². The van der Waals surface area contributed by atoms with E-state index in [0.29, 0.717) is 30.6 Å². The molecule has 2 aromatic rings. The lowest BCUT2D eigenvalue weighted by molar-refractivity contribution is -0.384. The molecule has 3 rings (SSSR count). The van der Waals surface area contributed by atoms with Gasteiger partial charge in [-0.15, -0.1) is 24.8 Å². The summed E-state index contributed by atoms with van der Waals surface area (Å²) >= 11 is 0. The molecule has 1 aliphatic heterocycles. The molecule has 158 valence electrons. The van der Waals surface area contributed by atoms with Crippen LogP contribution in [0.5, 0.6) is 0 Å². The molecule has 0 amide bonds. The number of hydrogen-bond donors (Lipinski definition) is 0. The maximum atomic E-state index is 13.7. The third-order valence-corrected chi connectivity index (χ3v) is 4.87. The smallest absolute Gasteiger partial charge is 0.269 e. The summed E-state index contributed by atoms with van der Waals surface area (Å²) in [7, 11) is 0. The lowest BCUT2D eigenvalue weighted by Crippen LogP contribution is -2.46. The normalized spacial score (nSPS) is 14.5. The summed E-state index contributed by atoms with van der Waals surface area (Å²) in [6.45, 7) is 4.59. The lowest BCUT2D eigenvalue weighted by atomic mass is 10.1. The van der Waals surface area contributed by atoms with Gasteiger partial charge in [-0.3, -0.25) is 19.8 Å². The molecule has 2 aromatic carbocycles. The van der Waals surface area contributed by atoms with Crippen molar-refractivity contribution in [3.8, 4) is 0 Å². The summed E-state index contributed by atoms with van der Waals surface area (Å²) in [5.74, 6) is -0.188. The van der Waals surface area contributed by atoms with Crippen molar-refractivity contribution in [1.29, 1.82) is 0 Å². The average molecular weight is 444 g/mol. The summed E-state index contributed by atoms with van der Waals surface area (Å²) in [5, 5.41) is 10.7. The number of carbonyl (C=O) groups excluding carboxylic acids is 1. The van der Waals surface area contributed by atoms with Gasteiger partial charge in [0.15, 0.2) is 5.78 Å². The van der Waals surface area contributed by atoms with Crippen molar-refractivity contribution in [2.24, 2.45) is 0 Å². The Hall–Kier alpha value is -2.06. The Kier molecular flexibility index (Phi) is 10.2. The number of nitro benzene ring substituents is 1. The van der Waals surface area contributed by atoms with E-state index in [2.05, 4.69) is 9.80 Å². The maximum Gasteiger partial charge on any atom is 0.269 e. The highest BCUT2D eigenvalue weighted by atomic mass is 35.5. The first-order valence-corrected chi connectivity index (χ1v) is 8.99. The van der Waals surface area contributed by atoms with Crippen LogP contribution in [-0.2, 0) is 6.54 Å². The van der Waals surface area contributed by atoms with Gasteiger partial charge in [-0.25, -0.2) is 4.39 Å². The summed E-state index contributed by atoms with van der Waals surface area (Å²) in [6.07, 6.45) is 0.380. The Morgan fingerprint density at radius 3 is 2.14 bits per heavy atom. The third kappa shape index (κ3) is 7.04. The molecule has 0 N–H and O–H groups in total. The number of non-ortho nitro benzene ring substituents is 1. The van der Waals surface area contributed by atoms with Crippen LogP contribution in [0.2, 0.25) is 0 Å². The molecule has 9 heteroatoms. The fraction of sp³-hybridized carbons (Fsp3) is 0.350. The molecule has 1 fully saturated rings. The van der Waals surface area contributed by atoms with E-state index in [1.54, 1.807) is 6.07 Å². The van der Waals surface area contributed by atoms with Crippen LogP contribution < -0.4 is 0 Å². The fourth-order valence-corrected chi connectivity index (χ4v) is 3.21. The molecule has 0 bridgehead atoms. The highest BCUT2D eigenvalue weighted by Crippen LogP contribution is 2.15. The molecule has 1 aliphatic rings. The monoisotopic (exact) mass is 443 g/mol. The number of nitrogens with zero attached hydrogens (tertiary/aromatic N) is 3. The van der Waals surface area contributed by atoms with Crippen LogP contribution in [0.25, 0.3) is 0 Å². The Morgan fingerprint density at radius 2 is 1.55 bits per heavy atom. The molecular weight excluding hydrogens is 420 g/mol. The van der Waals surface area contributed by atoms with E-state index in [0.717, 1.165) is 26.2 Å². The Morgan fingerprint density at radius 1 is 0.966 bits per heavy atom. The fourth-order valence-electron chi connectivity index (χ4n) is 3.21. The van der Waals surface area contributed by atoms with Gasteiger partial charge in [0.05, 0.1) is 4.92 Å². The SMILES string of the molecule is Cl.Cl.O=C(CCN1CCN(Cc2ccccc2F)CC1)c1ccc([N+](=O)[O-])cc1. The second-order valence-electron chi connectivity index (χ2n) is 6.69. The maximum absolute atomic E-state index is 13.7. The molecule has 0 spiro atoms. The molecular formula is C20H24Cl2FN3O3. The Labute approximate surface area is 181 Å². The van der Waals surface area contributed by atoms with Gasteiger partial charge < -0.3 is 4.90 Å². The van der Waals surface area contributed by atoms with E-state index in [4.69, 9.17) is 0 Å². The lowest BCUT2D eigenvalue weighted by Gasteiger charge is -2.34. The van der Waals surface area contributed by atoms with Crippen LogP contribution in [-0.4, -0.2) is 53.2 Å². The first-order chi connectivity index (χ1) is 13.0. The zero-order valence-corrected chi connectivity index (χ0v) is 17.5. The van der Waals surface area contributed by atoms with Crippen molar-refractivity contribution >= 4 is 36.3 Å². The first kappa shape index (κ1) is 25.0. The van der Waals surface area contributed by atoms with Crippen molar-refractivity contribution in [2.75, 3.05) is 32.7 Å². The van der Waals surface area contributed by atoms with Gasteiger partial charge in [-0.2, -0.15) is 0 Å². The van der Waals surface area contributed by atoms with E-state index in [-0.39, 0.29) is 42.1 Å². The number of piperazine rings is 1. The number of ketones is 1. The summed E-state index contributed by atoms with van der Waals surface area (Å²) in [6, 6.07) is 12.6. The van der Waals surface area contributed by atoms with Gasteiger partial charge in [0.2, 0.25) is 0 Å². The standard InChI is InChI=1S/C20H22FN3O3.2ClH/c21-19-4-2-1-3-17(19)15-23-13-11-22(12-14-23)10-9-20(25)16-5-7-18(8-6-16)24(26)27;;/h1-8H,9-15H2;2*1H. The minimum atomic E-state index is -0.477. The number of hydrogen-bond acceptors (Lipinski definition) is 5. The van der Waals surface area contributed by atoms with Gasteiger partial charge in [-0.1, -0.05) is 18.2 Å². The Bertz CT molecular complexity index is 813. The van der Waals surface area contributed by atoms with Crippen LogP contribution in [0.4, 0.5) is 10.1 Å². The van der Waals surface area contributed by atoms with E-state index in [1.807, 2.05) is 12.1 Å². The van der Waals surface area contributed by atoms with Crippen molar-refractivity contribution in [2.45, 2.75) is 13.0 Å². The number of benzene rings is 2. The molecule has 1 heterocycles. The van der Waals surface area contributed by atoms with Crippen LogP contribution in [0, 0.1) is 15.9 Å². The molecule has 0 aliphatic carbocycles. The highest BCUT2D eigenvalue weighted by Gasteiger charge is 2.19. The van der Waals surface area contributed by atoms with E-state index in [9.17, 15) is 19.3 Å². The minimum absolute atomic E-state index is 0. The number of carbonyl (C=O) groups is 1. The third-order valence-electron chi connectivity index (χ3n) is 4.87. The van der Waals surface area contributed by atoms with Crippen molar-refractivity contribution in [3.63, 3.8) is 0 Å². The van der Waals surface area contributed by atoms with Gasteiger partial charge in [0, 0.05) is 68.9 Å². The minimum Gasteiger partial charge on any atom is -0.300 e. The van der Waals surface area contributed by atoms with E-state index in [1.165, 1.54) is 30.3 Å². The molecule has 29 heavy (non-hydrogen) atoms. The van der Waals surface area contributed by atoms with Crippen molar-refractivity contribution in [3.05, 3.63) is 75.6 Å². The van der Waals surface area contributed by atoms with Crippen LogP contribution >= 0.6 is 24.8 Å². The second-order valence-corrected chi connectivity index (χ2v) is 6.69. The van der Waals surface area contributed by atoms with Crippen LogP contribution in [0.1, 0.15) is 22.3 Å². The Balaban J connectivity index is 0.00000210. The zero-order valence-electron chi connectivity index (χ0n) is 15.8. The predicted molar refractivity (Wildman–Crippen MR) is 115 cm³/mol. The van der Waals surface area contributed by atoms with Crippen LogP contribution in [0.15, 0.2) is 48.5 Å². The quantitative estimate of drug-likeness (QED) is 0.367. The van der Waals surface area contributed by atoms with Crippen molar-refractivity contribution < 1.29 is 14.1 Å². The summed E-state index contributed by atoms with van der Waals surface area (Å²) < 4.78 is 13.7. The molecule has 0 unspecified atom stereocenters. The summed E-state index contributed by atoms with van der Waals surface area (Å²) in [5.41, 5.74) is 1.19. The zero-order chi connectivity index (χ0) is 19.2. The van der Waals surface area contributed by atoms with E-state index < -0.39 is 4.92 Å². The number of halogens is 3. The number of nitro groups is 1. The predicted octanol–water partition coefficient (Wildman–Crippen LogP) is 3.97. The molecule has 1 saturated heterocycles. The molecule has 0 saturated carbocycles. The van der Waals surface area contributed by atoms with Gasteiger partial charge in [0.25, 0.3) is 5.69 Å². The molecule has 0 atom stereocenters. The van der Waals surface area contributed by atoms with E-state index >= 15 is 0 Å². The summed E-state index contributed by atoms with van der Waals surface area (Å²) in [4.78, 5) is 26.9.